The molecule has 1 aliphatic rings. The molecule has 0 radical (unpaired) electrons. The molecule has 1 saturated heterocycles. The molecule has 2 rings (SSSR count). The van der Waals surface area contributed by atoms with Crippen LogP contribution in [0.2, 0.25) is 0 Å². The number of rotatable bonds is 2. The summed E-state index contributed by atoms with van der Waals surface area (Å²) in [5.41, 5.74) is 6.98. The van der Waals surface area contributed by atoms with E-state index in [4.69, 9.17) is 10.5 Å². The minimum absolute atomic E-state index is 0.0995. The average molecular weight is 264 g/mol. The summed E-state index contributed by atoms with van der Waals surface area (Å²) >= 11 is 0. The standard InChI is InChI=1S/C13H20N4O2/c1-13(2,3)19-12(18)16-9-7-17(8-9)11-4-5-15-6-10(11)14/h4-6,9H,7-8,14H2,1-3H3,(H,16,18). The van der Waals surface area contributed by atoms with Crippen LogP contribution in [0.3, 0.4) is 0 Å². The third kappa shape index (κ3) is 3.49. The minimum Gasteiger partial charge on any atom is -0.444 e. The van der Waals surface area contributed by atoms with Crippen molar-refractivity contribution in [1.29, 1.82) is 0 Å². The molecule has 1 aromatic heterocycles. The Kier molecular flexibility index (Phi) is 3.50. The van der Waals surface area contributed by atoms with Crippen molar-refractivity contribution >= 4 is 17.5 Å². The third-order valence-electron chi connectivity index (χ3n) is 2.77. The van der Waals surface area contributed by atoms with Gasteiger partial charge in [-0.05, 0) is 26.8 Å². The number of carbonyl (C=O) groups excluding carboxylic acids is 1. The molecule has 1 fully saturated rings. The van der Waals surface area contributed by atoms with Crippen molar-refractivity contribution in [2.75, 3.05) is 23.7 Å². The number of ether oxygens (including phenoxy) is 1. The highest BCUT2D eigenvalue weighted by atomic mass is 16.6. The lowest BCUT2D eigenvalue weighted by atomic mass is 10.1. The number of pyridine rings is 1. The van der Waals surface area contributed by atoms with Crippen molar-refractivity contribution in [3.63, 3.8) is 0 Å². The number of nitrogen functional groups attached to an aromatic ring is 1. The molecule has 0 bridgehead atoms. The molecular weight excluding hydrogens is 244 g/mol. The van der Waals surface area contributed by atoms with E-state index >= 15 is 0 Å². The fraction of sp³-hybridized carbons (Fsp3) is 0.538. The van der Waals surface area contributed by atoms with Gasteiger partial charge in [0.2, 0.25) is 0 Å². The highest BCUT2D eigenvalue weighted by molar-refractivity contribution is 5.71. The summed E-state index contributed by atoms with van der Waals surface area (Å²) in [5, 5.41) is 2.83. The number of anilines is 2. The summed E-state index contributed by atoms with van der Waals surface area (Å²) < 4.78 is 5.21. The molecule has 1 aliphatic heterocycles. The van der Waals surface area contributed by atoms with Crippen molar-refractivity contribution in [2.24, 2.45) is 0 Å². The highest BCUT2D eigenvalue weighted by Crippen LogP contribution is 2.26. The number of nitrogens with zero attached hydrogens (tertiary/aromatic N) is 2. The molecule has 0 saturated carbocycles. The van der Waals surface area contributed by atoms with Gasteiger partial charge in [-0.2, -0.15) is 0 Å². The number of aromatic nitrogens is 1. The molecule has 0 aromatic carbocycles. The summed E-state index contributed by atoms with van der Waals surface area (Å²) in [7, 11) is 0. The van der Waals surface area contributed by atoms with Crippen LogP contribution < -0.4 is 16.0 Å². The fourth-order valence-corrected chi connectivity index (χ4v) is 1.93. The maximum absolute atomic E-state index is 11.6. The predicted molar refractivity (Wildman–Crippen MR) is 74.0 cm³/mol. The molecule has 0 atom stereocenters. The Morgan fingerprint density at radius 2 is 2.21 bits per heavy atom. The zero-order chi connectivity index (χ0) is 14.0. The first-order valence-electron chi connectivity index (χ1n) is 6.29. The average Bonchev–Trinajstić information content (AvgIpc) is 2.22. The number of hydrogen-bond acceptors (Lipinski definition) is 5. The summed E-state index contributed by atoms with van der Waals surface area (Å²) in [4.78, 5) is 17.6. The number of hydrogen-bond donors (Lipinski definition) is 2. The number of amides is 1. The van der Waals surface area contributed by atoms with Crippen LogP contribution in [0.15, 0.2) is 18.5 Å². The molecule has 19 heavy (non-hydrogen) atoms. The quantitative estimate of drug-likeness (QED) is 0.843. The molecule has 0 spiro atoms. The molecule has 6 nitrogen and oxygen atoms in total. The first-order valence-corrected chi connectivity index (χ1v) is 6.29. The van der Waals surface area contributed by atoms with Crippen LogP contribution in [0.5, 0.6) is 0 Å². The minimum atomic E-state index is -0.469. The Morgan fingerprint density at radius 1 is 1.53 bits per heavy atom. The van der Waals surface area contributed by atoms with Gasteiger partial charge in [0.15, 0.2) is 0 Å². The van der Waals surface area contributed by atoms with E-state index in [1.165, 1.54) is 0 Å². The number of alkyl carbamates (subject to hydrolysis) is 1. The zero-order valence-electron chi connectivity index (χ0n) is 11.5. The van der Waals surface area contributed by atoms with Gasteiger partial charge in [-0.1, -0.05) is 0 Å². The molecule has 0 aliphatic carbocycles. The molecule has 0 unspecified atom stereocenters. The summed E-state index contributed by atoms with van der Waals surface area (Å²) in [6, 6.07) is 1.97. The van der Waals surface area contributed by atoms with Crippen LogP contribution in [0.4, 0.5) is 16.2 Å². The van der Waals surface area contributed by atoms with Gasteiger partial charge < -0.3 is 20.7 Å². The van der Waals surface area contributed by atoms with E-state index in [-0.39, 0.29) is 12.1 Å². The highest BCUT2D eigenvalue weighted by Gasteiger charge is 2.30. The smallest absolute Gasteiger partial charge is 0.407 e. The van der Waals surface area contributed by atoms with Gasteiger partial charge in [0, 0.05) is 19.3 Å². The number of carbonyl (C=O) groups is 1. The summed E-state index contributed by atoms with van der Waals surface area (Å²) in [6.07, 6.45) is 2.96. The molecule has 1 aromatic rings. The third-order valence-corrected chi connectivity index (χ3v) is 2.77. The van der Waals surface area contributed by atoms with Crippen LogP contribution in [-0.2, 0) is 4.74 Å². The Balaban J connectivity index is 1.81. The van der Waals surface area contributed by atoms with E-state index in [0.717, 1.165) is 18.8 Å². The van der Waals surface area contributed by atoms with Crippen molar-refractivity contribution in [3.8, 4) is 0 Å². The van der Waals surface area contributed by atoms with Crippen LogP contribution in [0, 0.1) is 0 Å². The zero-order valence-corrected chi connectivity index (χ0v) is 11.5. The SMILES string of the molecule is CC(C)(C)OC(=O)NC1CN(c2ccncc2N)C1. The van der Waals surface area contributed by atoms with Crippen LogP contribution >= 0.6 is 0 Å². The number of nitrogens with one attached hydrogen (secondary N) is 1. The van der Waals surface area contributed by atoms with Crippen LogP contribution in [0.1, 0.15) is 20.8 Å². The largest absolute Gasteiger partial charge is 0.444 e. The van der Waals surface area contributed by atoms with E-state index in [9.17, 15) is 4.79 Å². The van der Waals surface area contributed by atoms with Gasteiger partial charge in [0.05, 0.1) is 23.6 Å². The second-order valence-electron chi connectivity index (χ2n) is 5.68. The first-order chi connectivity index (χ1) is 8.85. The molecular formula is C13H20N4O2. The lowest BCUT2D eigenvalue weighted by Gasteiger charge is -2.41. The monoisotopic (exact) mass is 264 g/mol. The molecule has 2 heterocycles. The van der Waals surface area contributed by atoms with E-state index < -0.39 is 5.60 Å². The van der Waals surface area contributed by atoms with Gasteiger partial charge in [0.25, 0.3) is 0 Å². The second-order valence-corrected chi connectivity index (χ2v) is 5.68. The van der Waals surface area contributed by atoms with Gasteiger partial charge in [0.1, 0.15) is 5.60 Å². The van der Waals surface area contributed by atoms with Gasteiger partial charge in [-0.15, -0.1) is 0 Å². The van der Waals surface area contributed by atoms with E-state index in [1.54, 1.807) is 12.4 Å². The first kappa shape index (κ1) is 13.5. The van der Waals surface area contributed by atoms with Gasteiger partial charge in [-0.25, -0.2) is 4.79 Å². The Bertz CT molecular complexity index is 464. The van der Waals surface area contributed by atoms with Crippen molar-refractivity contribution in [1.82, 2.24) is 10.3 Å². The molecule has 6 heteroatoms. The Labute approximate surface area is 112 Å². The lowest BCUT2D eigenvalue weighted by Crippen LogP contribution is -2.60. The maximum atomic E-state index is 11.6. The van der Waals surface area contributed by atoms with Crippen molar-refractivity contribution < 1.29 is 9.53 Å². The summed E-state index contributed by atoms with van der Waals surface area (Å²) in [6.45, 7) is 6.99. The second kappa shape index (κ2) is 4.95. The molecule has 1 amide bonds. The maximum Gasteiger partial charge on any atom is 0.407 e. The summed E-state index contributed by atoms with van der Waals surface area (Å²) in [5.74, 6) is 0. The van der Waals surface area contributed by atoms with E-state index in [1.807, 2.05) is 26.8 Å². The Hall–Kier alpha value is -1.98. The van der Waals surface area contributed by atoms with E-state index in [0.29, 0.717) is 5.69 Å². The predicted octanol–water partition coefficient (Wildman–Crippen LogP) is 1.38. The van der Waals surface area contributed by atoms with Crippen molar-refractivity contribution in [3.05, 3.63) is 18.5 Å². The van der Waals surface area contributed by atoms with E-state index in [2.05, 4.69) is 15.2 Å². The lowest BCUT2D eigenvalue weighted by molar-refractivity contribution is 0.0496. The molecule has 3 N–H and O–H groups in total. The van der Waals surface area contributed by atoms with Crippen LogP contribution in [0.25, 0.3) is 0 Å². The van der Waals surface area contributed by atoms with Gasteiger partial charge in [-0.3, -0.25) is 4.98 Å². The van der Waals surface area contributed by atoms with Crippen molar-refractivity contribution in [2.45, 2.75) is 32.4 Å². The topological polar surface area (TPSA) is 80.5 Å². The van der Waals surface area contributed by atoms with Gasteiger partial charge >= 0.3 is 6.09 Å². The normalized spacial score (nSPS) is 15.8. The fourth-order valence-electron chi connectivity index (χ4n) is 1.93. The number of nitrogens with two attached hydrogens (primary N) is 1. The Morgan fingerprint density at radius 3 is 2.79 bits per heavy atom. The molecule has 104 valence electrons. The van der Waals surface area contributed by atoms with Crippen LogP contribution in [-0.4, -0.2) is 35.8 Å².